The number of carbonyl (C=O) groups is 1. The summed E-state index contributed by atoms with van der Waals surface area (Å²) in [6.07, 6.45) is 4.47. The SMILES string of the molecule is O=C(n1cc(Cc2ccccc2)nn1)n1cc(Cc2ccccc2)nn1. The minimum Gasteiger partial charge on any atom is -0.243 e. The first-order chi connectivity index (χ1) is 12.8. The van der Waals surface area contributed by atoms with Crippen molar-refractivity contribution in [2.24, 2.45) is 0 Å². The summed E-state index contributed by atoms with van der Waals surface area (Å²) in [6.45, 7) is 0. The zero-order chi connectivity index (χ0) is 17.8. The highest BCUT2D eigenvalue weighted by Gasteiger charge is 2.14. The maximum atomic E-state index is 12.5. The second-order valence-corrected chi connectivity index (χ2v) is 5.92. The van der Waals surface area contributed by atoms with Gasteiger partial charge in [-0.05, 0) is 11.1 Å². The molecule has 2 aromatic carbocycles. The number of nitrogens with zero attached hydrogens (tertiary/aromatic N) is 6. The van der Waals surface area contributed by atoms with Crippen LogP contribution in [0.5, 0.6) is 0 Å². The molecule has 0 saturated heterocycles. The topological polar surface area (TPSA) is 78.5 Å². The molecule has 0 radical (unpaired) electrons. The van der Waals surface area contributed by atoms with Crippen molar-refractivity contribution in [2.45, 2.75) is 12.8 Å². The van der Waals surface area contributed by atoms with Gasteiger partial charge in [0.15, 0.2) is 0 Å². The summed E-state index contributed by atoms with van der Waals surface area (Å²) in [5.41, 5.74) is 3.65. The summed E-state index contributed by atoms with van der Waals surface area (Å²) in [4.78, 5) is 12.5. The monoisotopic (exact) mass is 344 g/mol. The summed E-state index contributed by atoms with van der Waals surface area (Å²) in [6, 6.07) is 19.4. The van der Waals surface area contributed by atoms with Gasteiger partial charge in [-0.1, -0.05) is 71.1 Å². The molecule has 0 aliphatic heterocycles. The summed E-state index contributed by atoms with van der Waals surface area (Å²) in [5, 5.41) is 15.9. The molecule has 0 N–H and O–H groups in total. The molecule has 0 spiro atoms. The Bertz CT molecular complexity index is 925. The highest BCUT2D eigenvalue weighted by Crippen LogP contribution is 2.08. The van der Waals surface area contributed by atoms with Gasteiger partial charge in [0, 0.05) is 12.8 Å². The second kappa shape index (κ2) is 7.10. The lowest BCUT2D eigenvalue weighted by atomic mass is 10.1. The molecule has 7 heteroatoms. The summed E-state index contributed by atoms with van der Waals surface area (Å²) in [7, 11) is 0. The molecule has 4 rings (SSSR count). The van der Waals surface area contributed by atoms with E-state index in [1.807, 2.05) is 60.7 Å². The van der Waals surface area contributed by atoms with Crippen molar-refractivity contribution in [1.29, 1.82) is 0 Å². The Morgan fingerprint density at radius 2 is 1.12 bits per heavy atom. The van der Waals surface area contributed by atoms with E-state index in [4.69, 9.17) is 0 Å². The van der Waals surface area contributed by atoms with Crippen LogP contribution >= 0.6 is 0 Å². The standard InChI is InChI=1S/C19H16N6O/c26-19(24-13-17(20-22-24)11-15-7-3-1-4-8-15)25-14-18(21-23-25)12-16-9-5-2-6-10-16/h1-10,13-14H,11-12H2. The smallest absolute Gasteiger partial charge is 0.243 e. The van der Waals surface area contributed by atoms with Crippen LogP contribution < -0.4 is 0 Å². The van der Waals surface area contributed by atoms with Crippen molar-refractivity contribution in [3.05, 3.63) is 95.6 Å². The molecule has 0 atom stereocenters. The van der Waals surface area contributed by atoms with Crippen LogP contribution in [0, 0.1) is 0 Å². The van der Waals surface area contributed by atoms with Gasteiger partial charge in [0.05, 0.1) is 23.8 Å². The molecule has 0 saturated carbocycles. The van der Waals surface area contributed by atoms with Gasteiger partial charge in [0.25, 0.3) is 0 Å². The van der Waals surface area contributed by atoms with Gasteiger partial charge in [-0.15, -0.1) is 10.2 Å². The minimum atomic E-state index is -0.413. The van der Waals surface area contributed by atoms with Gasteiger partial charge < -0.3 is 0 Å². The Kier molecular flexibility index (Phi) is 4.34. The third-order valence-electron chi connectivity index (χ3n) is 3.93. The molecule has 2 heterocycles. The van der Waals surface area contributed by atoms with E-state index in [0.717, 1.165) is 11.1 Å². The Morgan fingerprint density at radius 1 is 0.692 bits per heavy atom. The zero-order valence-electron chi connectivity index (χ0n) is 13.9. The summed E-state index contributed by atoms with van der Waals surface area (Å²) < 4.78 is 2.36. The lowest BCUT2D eigenvalue weighted by Crippen LogP contribution is -2.20. The van der Waals surface area contributed by atoms with E-state index >= 15 is 0 Å². The average Bonchev–Trinajstić information content (AvgIpc) is 3.33. The lowest BCUT2D eigenvalue weighted by molar-refractivity contribution is 0.237. The van der Waals surface area contributed by atoms with Gasteiger partial charge in [0.1, 0.15) is 0 Å². The van der Waals surface area contributed by atoms with Gasteiger partial charge in [-0.3, -0.25) is 0 Å². The Morgan fingerprint density at radius 3 is 1.54 bits per heavy atom. The fourth-order valence-electron chi connectivity index (χ4n) is 2.66. The second-order valence-electron chi connectivity index (χ2n) is 5.92. The highest BCUT2D eigenvalue weighted by atomic mass is 16.2. The normalized spacial score (nSPS) is 10.8. The van der Waals surface area contributed by atoms with Crippen molar-refractivity contribution in [1.82, 2.24) is 30.0 Å². The van der Waals surface area contributed by atoms with Crippen LogP contribution in [0.1, 0.15) is 22.5 Å². The van der Waals surface area contributed by atoms with E-state index < -0.39 is 6.03 Å². The number of aromatic nitrogens is 6. The molecule has 4 aromatic rings. The fraction of sp³-hybridized carbons (Fsp3) is 0.105. The van der Waals surface area contributed by atoms with E-state index in [9.17, 15) is 4.79 Å². The van der Waals surface area contributed by atoms with Crippen LogP contribution in [0.2, 0.25) is 0 Å². The van der Waals surface area contributed by atoms with E-state index in [-0.39, 0.29) is 0 Å². The van der Waals surface area contributed by atoms with Gasteiger partial charge in [0.2, 0.25) is 0 Å². The molecule has 2 aromatic heterocycles. The van der Waals surface area contributed by atoms with Crippen LogP contribution in [-0.2, 0) is 12.8 Å². The molecule has 26 heavy (non-hydrogen) atoms. The molecule has 0 unspecified atom stereocenters. The van der Waals surface area contributed by atoms with Crippen molar-refractivity contribution < 1.29 is 4.79 Å². The molecule has 0 aliphatic carbocycles. The molecule has 0 amide bonds. The average molecular weight is 344 g/mol. The Balaban J connectivity index is 1.46. The third-order valence-corrected chi connectivity index (χ3v) is 3.93. The first-order valence-electron chi connectivity index (χ1n) is 8.23. The van der Waals surface area contributed by atoms with Gasteiger partial charge in [-0.25, -0.2) is 4.79 Å². The van der Waals surface area contributed by atoms with Crippen molar-refractivity contribution in [3.63, 3.8) is 0 Å². The van der Waals surface area contributed by atoms with E-state index in [0.29, 0.717) is 24.2 Å². The van der Waals surface area contributed by atoms with Gasteiger partial charge in [-0.2, -0.15) is 9.36 Å². The van der Waals surface area contributed by atoms with Crippen LogP contribution in [0.15, 0.2) is 73.1 Å². The molecule has 0 aliphatic rings. The van der Waals surface area contributed by atoms with E-state index in [1.54, 1.807) is 12.4 Å². The minimum absolute atomic E-state index is 0.413. The van der Waals surface area contributed by atoms with E-state index in [1.165, 1.54) is 9.36 Å². The zero-order valence-corrected chi connectivity index (χ0v) is 13.9. The van der Waals surface area contributed by atoms with Crippen LogP contribution in [0.4, 0.5) is 4.79 Å². The molecule has 7 nitrogen and oxygen atoms in total. The molecule has 0 bridgehead atoms. The van der Waals surface area contributed by atoms with Crippen LogP contribution in [-0.4, -0.2) is 36.0 Å². The Hall–Kier alpha value is -3.61. The number of carbonyl (C=O) groups excluding carboxylic acids is 1. The Labute approximate surface area is 149 Å². The number of benzene rings is 2. The lowest BCUT2D eigenvalue weighted by Gasteiger charge is -1.97. The maximum Gasteiger partial charge on any atom is 0.372 e. The number of hydrogen-bond donors (Lipinski definition) is 0. The van der Waals surface area contributed by atoms with E-state index in [2.05, 4.69) is 20.6 Å². The third kappa shape index (κ3) is 3.56. The van der Waals surface area contributed by atoms with Crippen LogP contribution in [0.25, 0.3) is 0 Å². The number of hydrogen-bond acceptors (Lipinski definition) is 5. The van der Waals surface area contributed by atoms with Crippen molar-refractivity contribution in [2.75, 3.05) is 0 Å². The number of rotatable bonds is 4. The van der Waals surface area contributed by atoms with Crippen molar-refractivity contribution >= 4 is 6.03 Å². The first kappa shape index (κ1) is 15.9. The van der Waals surface area contributed by atoms with Gasteiger partial charge >= 0.3 is 6.03 Å². The predicted octanol–water partition coefficient (Wildman–Crippen LogP) is 2.57. The highest BCUT2D eigenvalue weighted by molar-refractivity contribution is 5.77. The fourth-order valence-corrected chi connectivity index (χ4v) is 2.66. The predicted molar refractivity (Wildman–Crippen MR) is 94.7 cm³/mol. The van der Waals surface area contributed by atoms with Crippen LogP contribution in [0.3, 0.4) is 0 Å². The molecule has 128 valence electrons. The van der Waals surface area contributed by atoms with Crippen molar-refractivity contribution in [3.8, 4) is 0 Å². The summed E-state index contributed by atoms with van der Waals surface area (Å²) in [5.74, 6) is 0. The first-order valence-corrected chi connectivity index (χ1v) is 8.23. The summed E-state index contributed by atoms with van der Waals surface area (Å²) >= 11 is 0. The molecule has 0 fully saturated rings. The molecular formula is C19H16N6O. The quantitative estimate of drug-likeness (QED) is 0.568. The maximum absolute atomic E-state index is 12.5. The largest absolute Gasteiger partial charge is 0.372 e. The molecular weight excluding hydrogens is 328 g/mol.